The minimum Gasteiger partial charge on any atom is -0.493 e. The zero-order valence-corrected chi connectivity index (χ0v) is 15.4. The lowest BCUT2D eigenvalue weighted by molar-refractivity contribution is -0.129. The predicted molar refractivity (Wildman–Crippen MR) is 101 cm³/mol. The number of cyclic esters (lactones) is 1. The molecule has 0 spiro atoms. The lowest BCUT2D eigenvalue weighted by atomic mass is 10.1. The number of ether oxygens (including phenoxy) is 3. The molecule has 0 fully saturated rings. The summed E-state index contributed by atoms with van der Waals surface area (Å²) < 4.78 is 16.3. The summed E-state index contributed by atoms with van der Waals surface area (Å²) in [5.74, 6) is 0.943. The van der Waals surface area contributed by atoms with Crippen LogP contribution >= 0.6 is 11.6 Å². The third-order valence-corrected chi connectivity index (χ3v) is 3.78. The Hall–Kier alpha value is -2.79. The van der Waals surface area contributed by atoms with Crippen molar-refractivity contribution in [3.05, 3.63) is 64.3 Å². The van der Waals surface area contributed by atoms with Crippen LogP contribution in [0, 0.1) is 0 Å². The molecule has 1 aliphatic rings. The highest BCUT2D eigenvalue weighted by atomic mass is 35.5. The number of hydrogen-bond donors (Lipinski definition) is 0. The molecule has 0 aliphatic carbocycles. The van der Waals surface area contributed by atoms with Gasteiger partial charge in [-0.3, -0.25) is 0 Å². The number of aliphatic imine (C=N–C) groups is 1. The molecule has 0 radical (unpaired) electrons. The Labute approximate surface area is 156 Å². The quantitative estimate of drug-likeness (QED) is 0.574. The fourth-order valence-electron chi connectivity index (χ4n) is 2.44. The lowest BCUT2D eigenvalue weighted by Gasteiger charge is -2.13. The molecule has 2 aromatic carbocycles. The summed E-state index contributed by atoms with van der Waals surface area (Å²) in [5.41, 5.74) is 1.61. The Bertz CT molecular complexity index is 902. The molecule has 26 heavy (non-hydrogen) atoms. The molecule has 0 atom stereocenters. The SMILES string of the molecule is COc1ccc(/C=C2\N=C(c3cccc(Cl)c3)OC2=O)cc1OC(C)C. The van der Waals surface area contributed by atoms with E-state index < -0.39 is 5.97 Å². The monoisotopic (exact) mass is 371 g/mol. The lowest BCUT2D eigenvalue weighted by Crippen LogP contribution is -2.07. The smallest absolute Gasteiger partial charge is 0.363 e. The van der Waals surface area contributed by atoms with Crippen LogP contribution in [0.25, 0.3) is 6.08 Å². The first-order chi connectivity index (χ1) is 12.5. The van der Waals surface area contributed by atoms with E-state index in [0.717, 1.165) is 5.56 Å². The molecule has 0 aromatic heterocycles. The van der Waals surface area contributed by atoms with Crippen molar-refractivity contribution in [1.82, 2.24) is 0 Å². The van der Waals surface area contributed by atoms with Gasteiger partial charge in [-0.15, -0.1) is 0 Å². The number of benzene rings is 2. The molecule has 2 aromatic rings. The van der Waals surface area contributed by atoms with E-state index in [4.69, 9.17) is 25.8 Å². The number of carbonyl (C=O) groups is 1. The van der Waals surface area contributed by atoms with E-state index in [-0.39, 0.29) is 17.7 Å². The van der Waals surface area contributed by atoms with Crippen LogP contribution in [0.15, 0.2) is 53.2 Å². The molecule has 0 saturated carbocycles. The number of esters is 1. The Kier molecular flexibility index (Phi) is 5.28. The first-order valence-corrected chi connectivity index (χ1v) is 8.47. The minimum atomic E-state index is -0.512. The molecular weight excluding hydrogens is 354 g/mol. The number of nitrogens with zero attached hydrogens (tertiary/aromatic N) is 1. The summed E-state index contributed by atoms with van der Waals surface area (Å²) in [4.78, 5) is 16.4. The molecule has 0 amide bonds. The van der Waals surface area contributed by atoms with Crippen molar-refractivity contribution >= 4 is 29.5 Å². The number of carbonyl (C=O) groups excluding carboxylic acids is 1. The Morgan fingerprint density at radius 3 is 2.65 bits per heavy atom. The average molecular weight is 372 g/mol. The van der Waals surface area contributed by atoms with Gasteiger partial charge in [-0.05, 0) is 55.8 Å². The van der Waals surface area contributed by atoms with Gasteiger partial charge in [0.15, 0.2) is 17.2 Å². The second kappa shape index (κ2) is 7.62. The first-order valence-electron chi connectivity index (χ1n) is 8.09. The summed E-state index contributed by atoms with van der Waals surface area (Å²) >= 11 is 5.98. The van der Waals surface area contributed by atoms with Gasteiger partial charge in [-0.1, -0.05) is 23.7 Å². The van der Waals surface area contributed by atoms with Crippen LogP contribution < -0.4 is 9.47 Å². The zero-order chi connectivity index (χ0) is 18.7. The van der Waals surface area contributed by atoms with Crippen molar-refractivity contribution in [3.63, 3.8) is 0 Å². The first kappa shape index (κ1) is 18.0. The van der Waals surface area contributed by atoms with Gasteiger partial charge in [0, 0.05) is 10.6 Å². The van der Waals surface area contributed by atoms with Gasteiger partial charge < -0.3 is 14.2 Å². The zero-order valence-electron chi connectivity index (χ0n) is 14.7. The Balaban J connectivity index is 1.93. The molecule has 5 nitrogen and oxygen atoms in total. The maximum Gasteiger partial charge on any atom is 0.363 e. The second-order valence-electron chi connectivity index (χ2n) is 5.92. The molecule has 1 aliphatic heterocycles. The summed E-state index contributed by atoms with van der Waals surface area (Å²) in [5, 5.41) is 0.546. The molecule has 0 bridgehead atoms. The van der Waals surface area contributed by atoms with E-state index in [1.165, 1.54) is 0 Å². The summed E-state index contributed by atoms with van der Waals surface area (Å²) in [7, 11) is 1.58. The van der Waals surface area contributed by atoms with Crippen molar-refractivity contribution in [1.29, 1.82) is 0 Å². The highest BCUT2D eigenvalue weighted by molar-refractivity contribution is 6.31. The van der Waals surface area contributed by atoms with E-state index in [0.29, 0.717) is 22.1 Å². The molecule has 134 valence electrons. The van der Waals surface area contributed by atoms with Crippen molar-refractivity contribution in [2.24, 2.45) is 4.99 Å². The van der Waals surface area contributed by atoms with Gasteiger partial charge in [-0.2, -0.15) is 0 Å². The molecule has 0 N–H and O–H groups in total. The van der Waals surface area contributed by atoms with Crippen molar-refractivity contribution in [2.75, 3.05) is 7.11 Å². The van der Waals surface area contributed by atoms with Gasteiger partial charge in [0.25, 0.3) is 0 Å². The van der Waals surface area contributed by atoms with E-state index in [1.807, 2.05) is 19.9 Å². The maximum atomic E-state index is 12.1. The van der Waals surface area contributed by atoms with Gasteiger partial charge in [0.2, 0.25) is 5.90 Å². The van der Waals surface area contributed by atoms with Crippen LogP contribution in [0.5, 0.6) is 11.5 Å². The number of halogens is 1. The molecule has 3 rings (SSSR count). The van der Waals surface area contributed by atoms with Crippen molar-refractivity contribution < 1.29 is 19.0 Å². The summed E-state index contributed by atoms with van der Waals surface area (Å²) in [6.07, 6.45) is 1.64. The van der Waals surface area contributed by atoms with Gasteiger partial charge in [0.05, 0.1) is 13.2 Å². The summed E-state index contributed by atoms with van der Waals surface area (Å²) in [6, 6.07) is 12.4. The van der Waals surface area contributed by atoms with E-state index >= 15 is 0 Å². The standard InChI is InChI=1S/C20H18ClNO4/c1-12(2)25-18-10-13(7-8-17(18)24-3)9-16-20(23)26-19(22-16)14-5-4-6-15(21)11-14/h4-12H,1-3H3/b16-9-. The molecule has 0 saturated heterocycles. The summed E-state index contributed by atoms with van der Waals surface area (Å²) in [6.45, 7) is 3.86. The van der Waals surface area contributed by atoms with Crippen LogP contribution in [0.4, 0.5) is 0 Å². The third kappa shape index (κ3) is 4.06. The molecule has 1 heterocycles. The third-order valence-electron chi connectivity index (χ3n) is 3.55. The normalized spacial score (nSPS) is 15.2. The minimum absolute atomic E-state index is 0.00398. The topological polar surface area (TPSA) is 57.1 Å². The Morgan fingerprint density at radius 1 is 1.15 bits per heavy atom. The van der Waals surface area contributed by atoms with Crippen LogP contribution in [-0.4, -0.2) is 25.1 Å². The highest BCUT2D eigenvalue weighted by Crippen LogP contribution is 2.30. The fourth-order valence-corrected chi connectivity index (χ4v) is 2.63. The van der Waals surface area contributed by atoms with Crippen LogP contribution in [-0.2, 0) is 9.53 Å². The van der Waals surface area contributed by atoms with E-state index in [9.17, 15) is 4.79 Å². The van der Waals surface area contributed by atoms with Gasteiger partial charge in [0.1, 0.15) is 0 Å². The predicted octanol–water partition coefficient (Wildman–Crippen LogP) is 4.48. The molecule has 0 unspecified atom stereocenters. The van der Waals surface area contributed by atoms with Crippen molar-refractivity contribution in [3.8, 4) is 11.5 Å². The van der Waals surface area contributed by atoms with Crippen LogP contribution in [0.3, 0.4) is 0 Å². The second-order valence-corrected chi connectivity index (χ2v) is 6.36. The van der Waals surface area contributed by atoms with Crippen LogP contribution in [0.1, 0.15) is 25.0 Å². The number of methoxy groups -OCH3 is 1. The maximum absolute atomic E-state index is 12.1. The van der Waals surface area contributed by atoms with Crippen LogP contribution in [0.2, 0.25) is 5.02 Å². The highest BCUT2D eigenvalue weighted by Gasteiger charge is 2.24. The molecule has 6 heteroatoms. The van der Waals surface area contributed by atoms with E-state index in [2.05, 4.69) is 4.99 Å². The number of hydrogen-bond acceptors (Lipinski definition) is 5. The van der Waals surface area contributed by atoms with Crippen molar-refractivity contribution in [2.45, 2.75) is 20.0 Å². The molecular formula is C20H18ClNO4. The number of rotatable bonds is 5. The van der Waals surface area contributed by atoms with Gasteiger partial charge >= 0.3 is 5.97 Å². The van der Waals surface area contributed by atoms with E-state index in [1.54, 1.807) is 49.6 Å². The van der Waals surface area contributed by atoms with Gasteiger partial charge in [-0.25, -0.2) is 9.79 Å². The Morgan fingerprint density at radius 2 is 1.96 bits per heavy atom. The largest absolute Gasteiger partial charge is 0.493 e. The average Bonchev–Trinajstić information content (AvgIpc) is 2.95. The fraction of sp³-hybridized carbons (Fsp3) is 0.200.